The molecule has 92 valence electrons. The van der Waals surface area contributed by atoms with Crippen LogP contribution >= 0.6 is 0 Å². The smallest absolute Gasteiger partial charge is 0.284 e. The zero-order valence-corrected chi connectivity index (χ0v) is 10.2. The van der Waals surface area contributed by atoms with Gasteiger partial charge in [0.1, 0.15) is 5.76 Å². The van der Waals surface area contributed by atoms with Gasteiger partial charge in [0.05, 0.1) is 5.71 Å². The third-order valence-electron chi connectivity index (χ3n) is 3.14. The second kappa shape index (κ2) is 3.61. The van der Waals surface area contributed by atoms with Gasteiger partial charge in [-0.2, -0.15) is 0 Å². The van der Waals surface area contributed by atoms with Crippen LogP contribution in [-0.2, 0) is 6.42 Å². The molecule has 0 aliphatic heterocycles. The van der Waals surface area contributed by atoms with Crippen molar-refractivity contribution in [1.82, 2.24) is 0 Å². The lowest BCUT2D eigenvalue weighted by Gasteiger charge is -2.28. The molecular formula is C12H16N2O3. The number of nitrogens with two attached hydrogens (primary N) is 1. The number of hydrogen-bond donors (Lipinski definition) is 2. The van der Waals surface area contributed by atoms with E-state index >= 15 is 0 Å². The molecular weight excluding hydrogens is 220 g/mol. The van der Waals surface area contributed by atoms with Crippen molar-refractivity contribution >= 4 is 11.6 Å². The molecule has 17 heavy (non-hydrogen) atoms. The molecule has 0 aromatic carbocycles. The number of carbonyl (C=O) groups excluding carboxylic acids is 1. The van der Waals surface area contributed by atoms with Crippen LogP contribution in [0.5, 0.6) is 0 Å². The van der Waals surface area contributed by atoms with Crippen molar-refractivity contribution in [1.29, 1.82) is 0 Å². The Bertz CT molecular complexity index is 512. The fourth-order valence-corrected chi connectivity index (χ4v) is 2.43. The molecule has 0 saturated carbocycles. The summed E-state index contributed by atoms with van der Waals surface area (Å²) in [4.78, 5) is 11.2. The first-order valence-corrected chi connectivity index (χ1v) is 5.49. The van der Waals surface area contributed by atoms with Crippen LogP contribution in [0, 0.1) is 12.3 Å². The summed E-state index contributed by atoms with van der Waals surface area (Å²) >= 11 is 0. The van der Waals surface area contributed by atoms with Gasteiger partial charge in [0.15, 0.2) is 5.76 Å². The number of furan rings is 1. The summed E-state index contributed by atoms with van der Waals surface area (Å²) in [5.41, 5.74) is 7.16. The Morgan fingerprint density at radius 1 is 1.47 bits per heavy atom. The molecule has 0 bridgehead atoms. The zero-order valence-electron chi connectivity index (χ0n) is 10.2. The Kier molecular flexibility index (Phi) is 2.49. The number of nitrogens with zero attached hydrogens (tertiary/aromatic N) is 1. The molecule has 0 atom stereocenters. The molecule has 3 N–H and O–H groups in total. The quantitative estimate of drug-likeness (QED) is 0.576. The van der Waals surface area contributed by atoms with Crippen LogP contribution in [0.4, 0.5) is 0 Å². The lowest BCUT2D eigenvalue weighted by Crippen LogP contribution is -2.27. The highest BCUT2D eigenvalue weighted by Crippen LogP contribution is 2.38. The van der Waals surface area contributed by atoms with E-state index < -0.39 is 5.91 Å². The number of amides is 1. The van der Waals surface area contributed by atoms with Gasteiger partial charge in [0.2, 0.25) is 0 Å². The number of primary amides is 1. The molecule has 0 radical (unpaired) electrons. The van der Waals surface area contributed by atoms with Crippen LogP contribution in [0.2, 0.25) is 0 Å². The highest BCUT2D eigenvalue weighted by atomic mass is 16.4. The van der Waals surface area contributed by atoms with Crippen molar-refractivity contribution in [2.24, 2.45) is 16.3 Å². The van der Waals surface area contributed by atoms with Gasteiger partial charge in [0, 0.05) is 17.5 Å². The van der Waals surface area contributed by atoms with E-state index in [2.05, 4.69) is 19.0 Å². The Morgan fingerprint density at radius 2 is 2.12 bits per heavy atom. The SMILES string of the molecule is Cc1c(C(N)=O)oc2c1/C(=N/O)CC(C)(C)C2. The van der Waals surface area contributed by atoms with Crippen molar-refractivity contribution < 1.29 is 14.4 Å². The first-order chi connectivity index (χ1) is 7.85. The maximum Gasteiger partial charge on any atom is 0.284 e. The third-order valence-corrected chi connectivity index (χ3v) is 3.14. The molecule has 0 unspecified atom stereocenters. The summed E-state index contributed by atoms with van der Waals surface area (Å²) in [6, 6.07) is 0. The fraction of sp³-hybridized carbons (Fsp3) is 0.500. The molecule has 1 aromatic heterocycles. The highest BCUT2D eigenvalue weighted by Gasteiger charge is 2.35. The van der Waals surface area contributed by atoms with Crippen LogP contribution < -0.4 is 5.73 Å². The summed E-state index contributed by atoms with van der Waals surface area (Å²) in [6.07, 6.45) is 1.35. The van der Waals surface area contributed by atoms with Gasteiger partial charge in [-0.1, -0.05) is 19.0 Å². The minimum Gasteiger partial charge on any atom is -0.455 e. The molecule has 1 amide bonds. The molecule has 5 heteroatoms. The van der Waals surface area contributed by atoms with E-state index in [1.165, 1.54) is 0 Å². The van der Waals surface area contributed by atoms with Crippen LogP contribution in [0.25, 0.3) is 0 Å². The van der Waals surface area contributed by atoms with E-state index in [0.717, 1.165) is 5.56 Å². The standard InChI is InChI=1S/C12H16N2O3/c1-6-9-7(14-16)4-12(2,3)5-8(9)17-10(6)11(13)15/h16H,4-5H2,1-3H3,(H2,13,15)/b14-7+. The fourth-order valence-electron chi connectivity index (χ4n) is 2.43. The van der Waals surface area contributed by atoms with Gasteiger partial charge in [0.25, 0.3) is 5.91 Å². The van der Waals surface area contributed by atoms with E-state index in [4.69, 9.17) is 15.4 Å². The van der Waals surface area contributed by atoms with Crippen LogP contribution in [0.1, 0.15) is 47.7 Å². The van der Waals surface area contributed by atoms with Crippen LogP contribution in [0.15, 0.2) is 9.57 Å². The van der Waals surface area contributed by atoms with Crippen molar-refractivity contribution in [3.05, 3.63) is 22.6 Å². The van der Waals surface area contributed by atoms with Crippen molar-refractivity contribution in [2.75, 3.05) is 0 Å². The van der Waals surface area contributed by atoms with E-state index in [-0.39, 0.29) is 11.2 Å². The van der Waals surface area contributed by atoms with E-state index in [1.807, 2.05) is 0 Å². The van der Waals surface area contributed by atoms with E-state index in [0.29, 0.717) is 29.9 Å². The Balaban J connectivity index is 2.63. The molecule has 1 aliphatic rings. The first kappa shape index (κ1) is 11.7. The summed E-state index contributed by atoms with van der Waals surface area (Å²) in [5, 5.41) is 12.4. The van der Waals surface area contributed by atoms with Gasteiger partial charge in [-0.05, 0) is 18.8 Å². The van der Waals surface area contributed by atoms with Gasteiger partial charge >= 0.3 is 0 Å². The normalized spacial score (nSPS) is 20.3. The summed E-state index contributed by atoms with van der Waals surface area (Å²) < 4.78 is 5.50. The largest absolute Gasteiger partial charge is 0.455 e. The molecule has 1 heterocycles. The number of rotatable bonds is 1. The van der Waals surface area contributed by atoms with E-state index in [9.17, 15) is 4.79 Å². The second-order valence-corrected chi connectivity index (χ2v) is 5.28. The highest BCUT2D eigenvalue weighted by molar-refractivity contribution is 6.06. The van der Waals surface area contributed by atoms with Crippen molar-refractivity contribution in [3.63, 3.8) is 0 Å². The summed E-state index contributed by atoms with van der Waals surface area (Å²) in [6.45, 7) is 5.87. The number of oxime groups is 1. The van der Waals surface area contributed by atoms with Crippen molar-refractivity contribution in [3.8, 4) is 0 Å². The van der Waals surface area contributed by atoms with Crippen LogP contribution in [0.3, 0.4) is 0 Å². The van der Waals surface area contributed by atoms with Gasteiger partial charge < -0.3 is 15.4 Å². The van der Waals surface area contributed by atoms with Gasteiger partial charge in [-0.15, -0.1) is 0 Å². The molecule has 0 spiro atoms. The topological polar surface area (TPSA) is 88.8 Å². The Labute approximate surface area is 99.3 Å². The third kappa shape index (κ3) is 1.81. The number of fused-ring (bicyclic) bond motifs is 1. The maximum atomic E-state index is 11.2. The van der Waals surface area contributed by atoms with Crippen LogP contribution in [-0.4, -0.2) is 16.8 Å². The average molecular weight is 236 g/mol. The average Bonchev–Trinajstić information content (AvgIpc) is 2.53. The minimum atomic E-state index is -0.591. The maximum absolute atomic E-state index is 11.2. The summed E-state index contributed by atoms with van der Waals surface area (Å²) in [7, 11) is 0. The second-order valence-electron chi connectivity index (χ2n) is 5.28. The first-order valence-electron chi connectivity index (χ1n) is 5.49. The predicted molar refractivity (Wildman–Crippen MR) is 62.4 cm³/mol. The lowest BCUT2D eigenvalue weighted by molar-refractivity contribution is 0.0970. The predicted octanol–water partition coefficient (Wildman–Crippen LogP) is 1.84. The number of carbonyl (C=O) groups is 1. The minimum absolute atomic E-state index is 0.0478. The number of hydrogen-bond acceptors (Lipinski definition) is 4. The zero-order chi connectivity index (χ0) is 12.8. The van der Waals surface area contributed by atoms with E-state index in [1.54, 1.807) is 6.92 Å². The Morgan fingerprint density at radius 3 is 2.65 bits per heavy atom. The lowest BCUT2D eigenvalue weighted by atomic mass is 9.75. The molecule has 0 fully saturated rings. The molecule has 0 saturated heterocycles. The molecule has 1 aromatic rings. The summed E-state index contributed by atoms with van der Waals surface area (Å²) in [5.74, 6) is 0.251. The Hall–Kier alpha value is -1.78. The monoisotopic (exact) mass is 236 g/mol. The van der Waals surface area contributed by atoms with Gasteiger partial charge in [-0.25, -0.2) is 0 Å². The van der Waals surface area contributed by atoms with Crippen molar-refractivity contribution in [2.45, 2.75) is 33.6 Å². The van der Waals surface area contributed by atoms with Gasteiger partial charge in [-0.3, -0.25) is 4.79 Å². The molecule has 5 nitrogen and oxygen atoms in total. The molecule has 2 rings (SSSR count). The molecule has 1 aliphatic carbocycles.